The van der Waals surface area contributed by atoms with Gasteiger partial charge in [-0.1, -0.05) is 0 Å². The highest BCUT2D eigenvalue weighted by molar-refractivity contribution is 4.80. The molecular weight excluding hydrogens is 226 g/mol. The van der Waals surface area contributed by atoms with Crippen LogP contribution in [0.3, 0.4) is 0 Å². The minimum atomic E-state index is 0.368. The van der Waals surface area contributed by atoms with Crippen molar-refractivity contribution in [1.82, 2.24) is 15.1 Å². The van der Waals surface area contributed by atoms with Gasteiger partial charge in [0.1, 0.15) is 0 Å². The Morgan fingerprint density at radius 3 is 2.78 bits per heavy atom. The highest BCUT2D eigenvalue weighted by Gasteiger charge is 2.23. The lowest BCUT2D eigenvalue weighted by molar-refractivity contribution is -0.0374. The Morgan fingerprint density at radius 1 is 1.28 bits per heavy atom. The average Bonchev–Trinajstić information content (AvgIpc) is 2.76. The van der Waals surface area contributed by atoms with Gasteiger partial charge in [-0.05, 0) is 40.3 Å². The van der Waals surface area contributed by atoms with Gasteiger partial charge in [-0.3, -0.25) is 4.90 Å². The molecule has 0 spiro atoms. The summed E-state index contributed by atoms with van der Waals surface area (Å²) in [5.74, 6) is 0. The standard InChI is InChI=1S/C14H29N3O/c1-12(2)17-7-8-18-14(11-17)10-15-9-13-5-4-6-16(13)3/h12-15H,4-11H2,1-3H3. The van der Waals surface area contributed by atoms with Crippen molar-refractivity contribution in [2.24, 2.45) is 0 Å². The van der Waals surface area contributed by atoms with Crippen molar-refractivity contribution in [3.63, 3.8) is 0 Å². The minimum Gasteiger partial charge on any atom is -0.374 e. The number of hydrogen-bond acceptors (Lipinski definition) is 4. The molecule has 106 valence electrons. The summed E-state index contributed by atoms with van der Waals surface area (Å²) < 4.78 is 5.83. The van der Waals surface area contributed by atoms with Crippen molar-refractivity contribution in [1.29, 1.82) is 0 Å². The fourth-order valence-corrected chi connectivity index (χ4v) is 2.98. The maximum Gasteiger partial charge on any atom is 0.0826 e. The number of rotatable bonds is 5. The van der Waals surface area contributed by atoms with Gasteiger partial charge >= 0.3 is 0 Å². The van der Waals surface area contributed by atoms with Crippen molar-refractivity contribution >= 4 is 0 Å². The molecule has 2 rings (SSSR count). The lowest BCUT2D eigenvalue weighted by Gasteiger charge is -2.35. The normalized spacial score (nSPS) is 31.3. The SMILES string of the molecule is CC(C)N1CCOC(CNCC2CCCN2C)C1. The molecule has 2 fully saturated rings. The van der Waals surface area contributed by atoms with E-state index in [1.807, 2.05) is 0 Å². The van der Waals surface area contributed by atoms with Crippen LogP contribution >= 0.6 is 0 Å². The highest BCUT2D eigenvalue weighted by atomic mass is 16.5. The molecule has 2 aliphatic heterocycles. The first-order valence-electron chi connectivity index (χ1n) is 7.43. The summed E-state index contributed by atoms with van der Waals surface area (Å²) in [7, 11) is 2.23. The van der Waals surface area contributed by atoms with Crippen LogP contribution in [0.4, 0.5) is 0 Å². The molecule has 2 saturated heterocycles. The quantitative estimate of drug-likeness (QED) is 0.786. The van der Waals surface area contributed by atoms with E-state index in [0.29, 0.717) is 12.1 Å². The minimum absolute atomic E-state index is 0.368. The Morgan fingerprint density at radius 2 is 2.11 bits per heavy atom. The maximum absolute atomic E-state index is 5.83. The summed E-state index contributed by atoms with van der Waals surface area (Å²) in [6.07, 6.45) is 3.06. The average molecular weight is 255 g/mol. The first-order chi connectivity index (χ1) is 8.66. The molecule has 0 aliphatic carbocycles. The van der Waals surface area contributed by atoms with Crippen LogP contribution in [0.25, 0.3) is 0 Å². The molecule has 0 bridgehead atoms. The summed E-state index contributed by atoms with van der Waals surface area (Å²) in [6, 6.07) is 1.37. The predicted octanol–water partition coefficient (Wildman–Crippen LogP) is 0.779. The lowest BCUT2D eigenvalue weighted by atomic mass is 10.2. The van der Waals surface area contributed by atoms with Gasteiger partial charge in [-0.25, -0.2) is 0 Å². The second-order valence-corrected chi connectivity index (χ2v) is 6.02. The molecule has 2 aliphatic rings. The molecule has 0 aromatic heterocycles. The molecule has 2 heterocycles. The van der Waals surface area contributed by atoms with Crippen LogP contribution in [0.1, 0.15) is 26.7 Å². The monoisotopic (exact) mass is 255 g/mol. The Labute approximate surface area is 112 Å². The van der Waals surface area contributed by atoms with Crippen LogP contribution in [0.15, 0.2) is 0 Å². The Hall–Kier alpha value is -0.160. The number of morpholine rings is 1. The van der Waals surface area contributed by atoms with Gasteiger partial charge in [0, 0.05) is 38.3 Å². The molecule has 2 unspecified atom stereocenters. The van der Waals surface area contributed by atoms with Crippen LogP contribution in [-0.2, 0) is 4.74 Å². The molecule has 4 nitrogen and oxygen atoms in total. The number of likely N-dealkylation sites (N-methyl/N-ethyl adjacent to an activating group) is 1. The van der Waals surface area contributed by atoms with Crippen LogP contribution in [0.5, 0.6) is 0 Å². The van der Waals surface area contributed by atoms with Crippen molar-refractivity contribution in [2.75, 3.05) is 46.4 Å². The molecule has 4 heteroatoms. The topological polar surface area (TPSA) is 27.7 Å². The van der Waals surface area contributed by atoms with E-state index in [0.717, 1.165) is 38.8 Å². The first kappa shape index (κ1) is 14.3. The second-order valence-electron chi connectivity index (χ2n) is 6.02. The van der Waals surface area contributed by atoms with Crippen molar-refractivity contribution in [3.8, 4) is 0 Å². The number of likely N-dealkylation sites (tertiary alicyclic amines) is 1. The van der Waals surface area contributed by atoms with E-state index in [9.17, 15) is 0 Å². The number of nitrogens with one attached hydrogen (secondary N) is 1. The third-order valence-corrected chi connectivity index (χ3v) is 4.32. The fraction of sp³-hybridized carbons (Fsp3) is 1.00. The van der Waals surface area contributed by atoms with Gasteiger partial charge in [-0.2, -0.15) is 0 Å². The highest BCUT2D eigenvalue weighted by Crippen LogP contribution is 2.13. The van der Waals surface area contributed by atoms with Gasteiger partial charge < -0.3 is 15.0 Å². The smallest absolute Gasteiger partial charge is 0.0826 e. The van der Waals surface area contributed by atoms with Gasteiger partial charge in [0.05, 0.1) is 12.7 Å². The van der Waals surface area contributed by atoms with Gasteiger partial charge in [0.15, 0.2) is 0 Å². The van der Waals surface area contributed by atoms with Crippen molar-refractivity contribution in [3.05, 3.63) is 0 Å². The molecule has 0 amide bonds. The summed E-state index contributed by atoms with van der Waals surface area (Å²) in [5.41, 5.74) is 0. The van der Waals surface area contributed by atoms with Crippen LogP contribution in [0, 0.1) is 0 Å². The predicted molar refractivity (Wildman–Crippen MR) is 75.0 cm³/mol. The summed E-state index contributed by atoms with van der Waals surface area (Å²) >= 11 is 0. The summed E-state index contributed by atoms with van der Waals surface area (Å²) in [6.45, 7) is 10.9. The van der Waals surface area contributed by atoms with Gasteiger partial charge in [-0.15, -0.1) is 0 Å². The van der Waals surface area contributed by atoms with Crippen molar-refractivity contribution in [2.45, 2.75) is 44.9 Å². The van der Waals surface area contributed by atoms with E-state index in [2.05, 4.69) is 36.0 Å². The van der Waals surface area contributed by atoms with Crippen LogP contribution in [0.2, 0.25) is 0 Å². The van der Waals surface area contributed by atoms with E-state index in [1.54, 1.807) is 0 Å². The largest absolute Gasteiger partial charge is 0.374 e. The number of hydrogen-bond donors (Lipinski definition) is 1. The number of ether oxygens (including phenoxy) is 1. The molecule has 1 N–H and O–H groups in total. The molecule has 0 aromatic carbocycles. The van der Waals surface area contributed by atoms with E-state index >= 15 is 0 Å². The molecule has 0 radical (unpaired) electrons. The maximum atomic E-state index is 5.83. The third kappa shape index (κ3) is 3.92. The summed E-state index contributed by atoms with van der Waals surface area (Å²) in [4.78, 5) is 4.98. The van der Waals surface area contributed by atoms with E-state index < -0.39 is 0 Å². The molecule has 18 heavy (non-hydrogen) atoms. The van der Waals surface area contributed by atoms with E-state index in [4.69, 9.17) is 4.74 Å². The first-order valence-corrected chi connectivity index (χ1v) is 7.43. The van der Waals surface area contributed by atoms with Crippen LogP contribution in [-0.4, -0.2) is 74.4 Å². The fourth-order valence-electron chi connectivity index (χ4n) is 2.98. The van der Waals surface area contributed by atoms with Crippen LogP contribution < -0.4 is 5.32 Å². The molecule has 2 atom stereocenters. The summed E-state index contributed by atoms with van der Waals surface area (Å²) in [5, 5.41) is 3.59. The van der Waals surface area contributed by atoms with E-state index in [1.165, 1.54) is 19.4 Å². The zero-order valence-corrected chi connectivity index (χ0v) is 12.2. The second kappa shape index (κ2) is 6.85. The molecule has 0 aromatic rings. The zero-order chi connectivity index (χ0) is 13.0. The Balaban J connectivity index is 1.64. The number of nitrogens with zero attached hydrogens (tertiary/aromatic N) is 2. The zero-order valence-electron chi connectivity index (χ0n) is 12.2. The Bertz CT molecular complexity index is 247. The molecule has 0 saturated carbocycles. The van der Waals surface area contributed by atoms with Crippen molar-refractivity contribution < 1.29 is 4.74 Å². The van der Waals surface area contributed by atoms with E-state index in [-0.39, 0.29) is 0 Å². The molecular formula is C14H29N3O. The third-order valence-electron chi connectivity index (χ3n) is 4.32. The van der Waals surface area contributed by atoms with Gasteiger partial charge in [0.25, 0.3) is 0 Å². The lowest BCUT2D eigenvalue weighted by Crippen LogP contribution is -2.50. The van der Waals surface area contributed by atoms with Gasteiger partial charge in [0.2, 0.25) is 0 Å². The Kier molecular flexibility index (Phi) is 5.42.